The number of ether oxygens (including phenoxy) is 1. The van der Waals surface area contributed by atoms with Gasteiger partial charge >= 0.3 is 0 Å². The molecule has 0 aromatic heterocycles. The molecule has 3 rings (SSSR count). The summed E-state index contributed by atoms with van der Waals surface area (Å²) in [5, 5.41) is 4.94. The minimum absolute atomic E-state index is 0.598. The van der Waals surface area contributed by atoms with E-state index in [1.54, 1.807) is 0 Å². The molecule has 2 aliphatic heterocycles. The molecule has 2 aliphatic rings. The number of hydrogen-bond acceptors (Lipinski definition) is 3. The van der Waals surface area contributed by atoms with E-state index < -0.39 is 0 Å². The standard InChI is InChI=1S/C17H24Cl2N2O/c18-15-2-1-14(17(19)9-15)12-21(11-13-3-6-20-10-13)16-4-7-22-8-5-16/h1-2,9,13,16,20H,3-8,10-12H2/t13-/m1/s1. The third kappa shape index (κ3) is 4.36. The van der Waals surface area contributed by atoms with Crippen LogP contribution in [0.4, 0.5) is 0 Å². The van der Waals surface area contributed by atoms with Crippen molar-refractivity contribution in [1.82, 2.24) is 10.2 Å². The first kappa shape index (κ1) is 16.5. The summed E-state index contributed by atoms with van der Waals surface area (Å²) >= 11 is 12.4. The minimum atomic E-state index is 0.598. The second-order valence-corrected chi connectivity index (χ2v) is 7.21. The molecule has 2 fully saturated rings. The van der Waals surface area contributed by atoms with Crippen LogP contribution >= 0.6 is 23.2 Å². The van der Waals surface area contributed by atoms with Crippen LogP contribution in [0.5, 0.6) is 0 Å². The molecule has 0 unspecified atom stereocenters. The van der Waals surface area contributed by atoms with Gasteiger partial charge in [-0.15, -0.1) is 0 Å². The zero-order valence-corrected chi connectivity index (χ0v) is 14.4. The molecule has 1 N–H and O–H groups in total. The van der Waals surface area contributed by atoms with Gasteiger partial charge < -0.3 is 10.1 Å². The van der Waals surface area contributed by atoms with Crippen LogP contribution in [0.25, 0.3) is 0 Å². The zero-order chi connectivity index (χ0) is 15.4. The quantitative estimate of drug-likeness (QED) is 0.884. The number of nitrogens with one attached hydrogen (secondary N) is 1. The molecule has 0 spiro atoms. The molecule has 0 saturated carbocycles. The molecule has 0 amide bonds. The number of nitrogens with zero attached hydrogens (tertiary/aromatic N) is 1. The van der Waals surface area contributed by atoms with Crippen molar-refractivity contribution in [1.29, 1.82) is 0 Å². The van der Waals surface area contributed by atoms with Gasteiger partial charge in [0.25, 0.3) is 0 Å². The molecule has 22 heavy (non-hydrogen) atoms. The lowest BCUT2D eigenvalue weighted by molar-refractivity contribution is 0.0259. The van der Waals surface area contributed by atoms with Crippen LogP contribution in [0.3, 0.4) is 0 Å². The van der Waals surface area contributed by atoms with E-state index in [0.717, 1.165) is 63.2 Å². The fourth-order valence-corrected chi connectivity index (χ4v) is 3.93. The second-order valence-electron chi connectivity index (χ2n) is 6.37. The zero-order valence-electron chi connectivity index (χ0n) is 12.9. The van der Waals surface area contributed by atoms with E-state index >= 15 is 0 Å². The van der Waals surface area contributed by atoms with Crippen molar-refractivity contribution in [2.75, 3.05) is 32.8 Å². The number of benzene rings is 1. The van der Waals surface area contributed by atoms with Gasteiger partial charge in [-0.2, -0.15) is 0 Å². The van der Waals surface area contributed by atoms with Gasteiger partial charge in [0.15, 0.2) is 0 Å². The smallest absolute Gasteiger partial charge is 0.0480 e. The lowest BCUT2D eigenvalue weighted by atomic mass is 10.0. The Morgan fingerprint density at radius 3 is 2.68 bits per heavy atom. The van der Waals surface area contributed by atoms with Gasteiger partial charge in [-0.25, -0.2) is 0 Å². The molecule has 3 nitrogen and oxygen atoms in total. The van der Waals surface area contributed by atoms with Gasteiger partial charge in [-0.3, -0.25) is 4.90 Å². The maximum atomic E-state index is 6.38. The van der Waals surface area contributed by atoms with Crippen LogP contribution in [-0.2, 0) is 11.3 Å². The van der Waals surface area contributed by atoms with E-state index in [-0.39, 0.29) is 0 Å². The largest absolute Gasteiger partial charge is 0.381 e. The lowest BCUT2D eigenvalue weighted by Crippen LogP contribution is -2.42. The predicted octanol–water partition coefficient (Wildman–Crippen LogP) is 3.58. The third-order valence-electron chi connectivity index (χ3n) is 4.75. The van der Waals surface area contributed by atoms with Crippen molar-refractivity contribution in [2.24, 2.45) is 5.92 Å². The van der Waals surface area contributed by atoms with Crippen molar-refractivity contribution in [3.05, 3.63) is 33.8 Å². The lowest BCUT2D eigenvalue weighted by Gasteiger charge is -2.36. The minimum Gasteiger partial charge on any atom is -0.381 e. The second kappa shape index (κ2) is 7.98. The fourth-order valence-electron chi connectivity index (χ4n) is 3.46. The Balaban J connectivity index is 1.71. The first-order valence-corrected chi connectivity index (χ1v) is 8.94. The van der Waals surface area contributed by atoms with Gasteiger partial charge in [0.05, 0.1) is 0 Å². The van der Waals surface area contributed by atoms with Crippen LogP contribution in [-0.4, -0.2) is 43.8 Å². The highest BCUT2D eigenvalue weighted by Gasteiger charge is 2.26. The molecule has 0 aliphatic carbocycles. The van der Waals surface area contributed by atoms with Crippen LogP contribution in [0.1, 0.15) is 24.8 Å². The molecule has 122 valence electrons. The van der Waals surface area contributed by atoms with E-state index in [2.05, 4.69) is 16.3 Å². The fraction of sp³-hybridized carbons (Fsp3) is 0.647. The van der Waals surface area contributed by atoms with Crippen molar-refractivity contribution < 1.29 is 4.74 Å². The van der Waals surface area contributed by atoms with Crippen molar-refractivity contribution in [3.8, 4) is 0 Å². The predicted molar refractivity (Wildman–Crippen MR) is 91.7 cm³/mol. The maximum Gasteiger partial charge on any atom is 0.0480 e. The monoisotopic (exact) mass is 342 g/mol. The van der Waals surface area contributed by atoms with Gasteiger partial charge in [-0.05, 0) is 56.0 Å². The van der Waals surface area contributed by atoms with Gasteiger partial charge in [0.1, 0.15) is 0 Å². The molecular weight excluding hydrogens is 319 g/mol. The molecule has 2 saturated heterocycles. The number of hydrogen-bond donors (Lipinski definition) is 1. The molecule has 5 heteroatoms. The van der Waals surface area contributed by atoms with Crippen LogP contribution in [0, 0.1) is 5.92 Å². The normalized spacial score (nSPS) is 23.3. The van der Waals surface area contributed by atoms with E-state index in [1.807, 2.05) is 12.1 Å². The SMILES string of the molecule is Clc1ccc(CN(C[C@@H]2CCNC2)C2CCOCC2)c(Cl)c1. The van der Waals surface area contributed by atoms with Gasteiger partial charge in [0, 0.05) is 42.4 Å². The first-order chi connectivity index (χ1) is 10.7. The van der Waals surface area contributed by atoms with Crippen molar-refractivity contribution >= 4 is 23.2 Å². The molecule has 0 bridgehead atoms. The Hall–Kier alpha value is -0.320. The van der Waals surface area contributed by atoms with Crippen molar-refractivity contribution in [3.63, 3.8) is 0 Å². The van der Waals surface area contributed by atoms with E-state index in [1.165, 1.54) is 12.0 Å². The summed E-state index contributed by atoms with van der Waals surface area (Å²) in [6.07, 6.45) is 3.50. The van der Waals surface area contributed by atoms with Crippen LogP contribution in [0.2, 0.25) is 10.0 Å². The maximum absolute atomic E-state index is 6.38. The summed E-state index contributed by atoms with van der Waals surface area (Å²) in [5.74, 6) is 0.744. The molecule has 1 atom stereocenters. The summed E-state index contributed by atoms with van der Waals surface area (Å²) in [6.45, 7) is 6.06. The third-order valence-corrected chi connectivity index (χ3v) is 5.34. The summed E-state index contributed by atoms with van der Waals surface area (Å²) < 4.78 is 5.53. The Morgan fingerprint density at radius 1 is 1.18 bits per heavy atom. The van der Waals surface area contributed by atoms with Crippen LogP contribution < -0.4 is 5.32 Å². The summed E-state index contributed by atoms with van der Waals surface area (Å²) in [7, 11) is 0. The summed E-state index contributed by atoms with van der Waals surface area (Å²) in [4.78, 5) is 2.61. The summed E-state index contributed by atoms with van der Waals surface area (Å²) in [6, 6.07) is 6.44. The molecule has 1 aromatic rings. The van der Waals surface area contributed by atoms with Crippen molar-refractivity contribution in [2.45, 2.75) is 31.8 Å². The Kier molecular flexibility index (Phi) is 6.00. The number of halogens is 2. The van der Waals surface area contributed by atoms with E-state index in [4.69, 9.17) is 27.9 Å². The highest BCUT2D eigenvalue weighted by molar-refractivity contribution is 6.35. The summed E-state index contributed by atoms with van der Waals surface area (Å²) in [5.41, 5.74) is 1.17. The average Bonchev–Trinajstić information content (AvgIpc) is 3.03. The van der Waals surface area contributed by atoms with E-state index in [0.29, 0.717) is 11.1 Å². The average molecular weight is 343 g/mol. The number of rotatable bonds is 5. The van der Waals surface area contributed by atoms with E-state index in [9.17, 15) is 0 Å². The van der Waals surface area contributed by atoms with Crippen LogP contribution in [0.15, 0.2) is 18.2 Å². The highest BCUT2D eigenvalue weighted by atomic mass is 35.5. The highest BCUT2D eigenvalue weighted by Crippen LogP contribution is 2.26. The topological polar surface area (TPSA) is 24.5 Å². The van der Waals surface area contributed by atoms with Gasteiger partial charge in [0.2, 0.25) is 0 Å². The molecule has 2 heterocycles. The Morgan fingerprint density at radius 2 is 2.00 bits per heavy atom. The molecule has 0 radical (unpaired) electrons. The van der Waals surface area contributed by atoms with Gasteiger partial charge in [-0.1, -0.05) is 29.3 Å². The molecule has 1 aromatic carbocycles. The first-order valence-electron chi connectivity index (χ1n) is 8.19. The Labute approximate surface area is 142 Å². The Bertz CT molecular complexity index is 486. The molecular formula is C17H24Cl2N2O.